The van der Waals surface area contributed by atoms with Gasteiger partial charge in [-0.3, -0.25) is 4.90 Å². The van der Waals surface area contributed by atoms with Crippen LogP contribution in [-0.2, 0) is 6.54 Å². The number of hydrogen-bond donors (Lipinski definition) is 1. The Labute approximate surface area is 98.4 Å². The van der Waals surface area contributed by atoms with Gasteiger partial charge in [-0.1, -0.05) is 37.3 Å². The molecule has 88 valence electrons. The summed E-state index contributed by atoms with van der Waals surface area (Å²) in [6.07, 6.45) is 1.16. The molecular weight excluding hydrogens is 196 g/mol. The van der Waals surface area contributed by atoms with Crippen molar-refractivity contribution in [1.29, 1.82) is 0 Å². The molecule has 2 nitrogen and oxygen atoms in total. The highest BCUT2D eigenvalue weighted by atomic mass is 15.2. The fraction of sp³-hybridized carbons (Fsp3) is 0.571. The van der Waals surface area contributed by atoms with Gasteiger partial charge in [0.2, 0.25) is 0 Å². The van der Waals surface area contributed by atoms with Crippen LogP contribution in [0, 0.1) is 5.92 Å². The van der Waals surface area contributed by atoms with Crippen LogP contribution in [0.1, 0.15) is 25.8 Å². The predicted molar refractivity (Wildman–Crippen MR) is 68.1 cm³/mol. The Hall–Kier alpha value is -0.860. The van der Waals surface area contributed by atoms with Crippen molar-refractivity contribution < 1.29 is 0 Å². The topological polar surface area (TPSA) is 29.3 Å². The quantitative estimate of drug-likeness (QED) is 0.825. The van der Waals surface area contributed by atoms with Gasteiger partial charge in [-0.15, -0.1) is 0 Å². The van der Waals surface area contributed by atoms with E-state index in [4.69, 9.17) is 5.73 Å². The van der Waals surface area contributed by atoms with Crippen molar-refractivity contribution in [2.45, 2.75) is 38.9 Å². The summed E-state index contributed by atoms with van der Waals surface area (Å²) >= 11 is 0. The molecule has 3 atom stereocenters. The minimum Gasteiger partial charge on any atom is -0.326 e. The van der Waals surface area contributed by atoms with Gasteiger partial charge < -0.3 is 5.73 Å². The van der Waals surface area contributed by atoms with Gasteiger partial charge in [-0.25, -0.2) is 0 Å². The standard InChI is InChI=1S/C14H22N2/c1-11-8-14(15)12(2)16(9-11)10-13-6-4-3-5-7-13/h3-7,11-12,14H,8-10,15H2,1-2H3/t11-,12-,14+/m1/s1. The van der Waals surface area contributed by atoms with Gasteiger partial charge >= 0.3 is 0 Å². The van der Waals surface area contributed by atoms with Crippen LogP contribution in [0.3, 0.4) is 0 Å². The van der Waals surface area contributed by atoms with Crippen molar-refractivity contribution >= 4 is 0 Å². The Morgan fingerprint density at radius 2 is 1.94 bits per heavy atom. The fourth-order valence-corrected chi connectivity index (χ4v) is 2.60. The normalized spacial score (nSPS) is 31.6. The summed E-state index contributed by atoms with van der Waals surface area (Å²) in [5, 5.41) is 0. The van der Waals surface area contributed by atoms with Gasteiger partial charge in [0.05, 0.1) is 0 Å². The number of rotatable bonds is 2. The molecular formula is C14H22N2. The van der Waals surface area contributed by atoms with Crippen molar-refractivity contribution in [3.63, 3.8) is 0 Å². The molecule has 0 bridgehead atoms. The zero-order valence-corrected chi connectivity index (χ0v) is 10.3. The lowest BCUT2D eigenvalue weighted by molar-refractivity contribution is 0.0986. The number of nitrogens with two attached hydrogens (primary N) is 1. The van der Waals surface area contributed by atoms with Crippen molar-refractivity contribution in [1.82, 2.24) is 4.90 Å². The second kappa shape index (κ2) is 4.98. The molecule has 0 spiro atoms. The second-order valence-corrected chi connectivity index (χ2v) is 5.16. The van der Waals surface area contributed by atoms with Gasteiger partial charge in [0, 0.05) is 25.2 Å². The lowest BCUT2D eigenvalue weighted by Crippen LogP contribution is -2.52. The molecule has 2 N–H and O–H groups in total. The second-order valence-electron chi connectivity index (χ2n) is 5.16. The summed E-state index contributed by atoms with van der Waals surface area (Å²) in [5.74, 6) is 0.718. The maximum absolute atomic E-state index is 6.17. The van der Waals surface area contributed by atoms with Crippen molar-refractivity contribution in [3.05, 3.63) is 35.9 Å². The summed E-state index contributed by atoms with van der Waals surface area (Å²) in [6.45, 7) is 6.74. The van der Waals surface area contributed by atoms with Crippen LogP contribution in [0.5, 0.6) is 0 Å². The summed E-state index contributed by atoms with van der Waals surface area (Å²) in [4.78, 5) is 2.51. The van der Waals surface area contributed by atoms with E-state index in [0.717, 1.165) is 18.9 Å². The molecule has 0 unspecified atom stereocenters. The number of benzene rings is 1. The van der Waals surface area contributed by atoms with Crippen LogP contribution in [0.2, 0.25) is 0 Å². The lowest BCUT2D eigenvalue weighted by atomic mass is 9.90. The average molecular weight is 218 g/mol. The number of hydrogen-bond acceptors (Lipinski definition) is 2. The van der Waals surface area contributed by atoms with Crippen LogP contribution in [0.4, 0.5) is 0 Å². The summed E-state index contributed by atoms with van der Waals surface area (Å²) in [5.41, 5.74) is 7.56. The van der Waals surface area contributed by atoms with Gasteiger partial charge in [-0.05, 0) is 24.8 Å². The molecule has 0 amide bonds. The van der Waals surface area contributed by atoms with Crippen molar-refractivity contribution in [2.24, 2.45) is 11.7 Å². The van der Waals surface area contributed by atoms with Gasteiger partial charge in [-0.2, -0.15) is 0 Å². The first-order valence-electron chi connectivity index (χ1n) is 6.20. The highest BCUT2D eigenvalue weighted by Gasteiger charge is 2.28. The van der Waals surface area contributed by atoms with E-state index in [1.165, 1.54) is 12.1 Å². The molecule has 0 saturated carbocycles. The summed E-state index contributed by atoms with van der Waals surface area (Å²) in [7, 11) is 0. The Balaban J connectivity index is 2.03. The zero-order valence-electron chi connectivity index (χ0n) is 10.3. The molecule has 0 aliphatic carbocycles. The van der Waals surface area contributed by atoms with E-state index in [0.29, 0.717) is 12.1 Å². The van der Waals surface area contributed by atoms with Crippen LogP contribution in [0.15, 0.2) is 30.3 Å². The highest BCUT2D eigenvalue weighted by Crippen LogP contribution is 2.22. The molecule has 1 fully saturated rings. The maximum Gasteiger partial charge on any atom is 0.0237 e. The molecule has 1 aliphatic rings. The van der Waals surface area contributed by atoms with E-state index in [2.05, 4.69) is 49.1 Å². The molecule has 1 aromatic rings. The monoisotopic (exact) mass is 218 g/mol. The van der Waals surface area contributed by atoms with Crippen LogP contribution >= 0.6 is 0 Å². The third-order valence-corrected chi connectivity index (χ3v) is 3.64. The molecule has 1 saturated heterocycles. The molecule has 0 radical (unpaired) electrons. The maximum atomic E-state index is 6.17. The Morgan fingerprint density at radius 1 is 1.25 bits per heavy atom. The summed E-state index contributed by atoms with van der Waals surface area (Å²) in [6, 6.07) is 11.5. The first-order chi connectivity index (χ1) is 7.66. The Kier molecular flexibility index (Phi) is 3.62. The van der Waals surface area contributed by atoms with E-state index >= 15 is 0 Å². The number of likely N-dealkylation sites (tertiary alicyclic amines) is 1. The van der Waals surface area contributed by atoms with Crippen molar-refractivity contribution in [2.75, 3.05) is 6.54 Å². The van der Waals surface area contributed by atoms with Crippen LogP contribution in [-0.4, -0.2) is 23.5 Å². The average Bonchev–Trinajstić information content (AvgIpc) is 2.27. The van der Waals surface area contributed by atoms with Gasteiger partial charge in [0.25, 0.3) is 0 Å². The molecule has 2 rings (SSSR count). The molecule has 1 heterocycles. The molecule has 1 aromatic carbocycles. The van der Waals surface area contributed by atoms with Crippen molar-refractivity contribution in [3.8, 4) is 0 Å². The van der Waals surface area contributed by atoms with E-state index < -0.39 is 0 Å². The fourth-order valence-electron chi connectivity index (χ4n) is 2.60. The predicted octanol–water partition coefficient (Wildman–Crippen LogP) is 2.24. The highest BCUT2D eigenvalue weighted by molar-refractivity contribution is 5.14. The van der Waals surface area contributed by atoms with Crippen LogP contribution in [0.25, 0.3) is 0 Å². The van der Waals surface area contributed by atoms with E-state index in [9.17, 15) is 0 Å². The van der Waals surface area contributed by atoms with Crippen LogP contribution < -0.4 is 5.73 Å². The van der Waals surface area contributed by atoms with Gasteiger partial charge in [0.15, 0.2) is 0 Å². The molecule has 1 aliphatic heterocycles. The molecule has 0 aromatic heterocycles. The smallest absolute Gasteiger partial charge is 0.0237 e. The SMILES string of the molecule is C[C@@H]1C[C@H](N)[C@@H](C)N(Cc2ccccc2)C1. The minimum atomic E-state index is 0.326. The minimum absolute atomic E-state index is 0.326. The third kappa shape index (κ3) is 2.63. The first kappa shape index (κ1) is 11.6. The first-order valence-corrected chi connectivity index (χ1v) is 6.20. The Morgan fingerprint density at radius 3 is 2.62 bits per heavy atom. The van der Waals surface area contributed by atoms with Gasteiger partial charge in [0.1, 0.15) is 0 Å². The third-order valence-electron chi connectivity index (χ3n) is 3.64. The largest absolute Gasteiger partial charge is 0.326 e. The number of piperidine rings is 1. The van der Waals surface area contributed by atoms with E-state index in [1.54, 1.807) is 0 Å². The molecule has 2 heteroatoms. The number of nitrogens with zero attached hydrogens (tertiary/aromatic N) is 1. The Bertz CT molecular complexity index is 323. The molecule has 16 heavy (non-hydrogen) atoms. The van der Waals surface area contributed by atoms with E-state index in [1.807, 2.05) is 0 Å². The zero-order chi connectivity index (χ0) is 11.5. The summed E-state index contributed by atoms with van der Waals surface area (Å²) < 4.78 is 0. The van der Waals surface area contributed by atoms with E-state index in [-0.39, 0.29) is 0 Å². The lowest BCUT2D eigenvalue weighted by Gasteiger charge is -2.40.